The number of anilines is 1. The summed E-state index contributed by atoms with van der Waals surface area (Å²) in [6.45, 7) is 2.48. The van der Waals surface area contributed by atoms with Gasteiger partial charge < -0.3 is 14.4 Å². The van der Waals surface area contributed by atoms with Crippen LogP contribution in [0.1, 0.15) is 12.0 Å². The van der Waals surface area contributed by atoms with Gasteiger partial charge in [0.1, 0.15) is 24.2 Å². The average Bonchev–Trinajstić information content (AvgIpc) is 3.17. The fourth-order valence-corrected chi connectivity index (χ4v) is 3.16. The number of benzene rings is 2. The fraction of sp³-hybridized carbons (Fsp3) is 0.227. The topological polar surface area (TPSA) is 34.6 Å². The molecule has 1 aromatic heterocycles. The lowest BCUT2D eigenvalue weighted by molar-refractivity contribution is 0.224. The van der Waals surface area contributed by atoms with E-state index in [-0.39, 0.29) is 6.10 Å². The van der Waals surface area contributed by atoms with Gasteiger partial charge in [-0.3, -0.25) is 4.98 Å². The van der Waals surface area contributed by atoms with Crippen molar-refractivity contribution in [2.75, 3.05) is 18.0 Å². The third kappa shape index (κ3) is 4.14. The first-order valence-corrected chi connectivity index (χ1v) is 8.95. The van der Waals surface area contributed by atoms with Crippen LogP contribution in [0.5, 0.6) is 11.5 Å². The van der Waals surface area contributed by atoms with E-state index in [1.165, 1.54) is 5.69 Å². The zero-order valence-electron chi connectivity index (χ0n) is 14.6. The smallest absolute Gasteiger partial charge is 0.120 e. The van der Waals surface area contributed by atoms with E-state index in [4.69, 9.17) is 9.47 Å². The Labute approximate surface area is 154 Å². The van der Waals surface area contributed by atoms with E-state index in [9.17, 15) is 0 Å². The summed E-state index contributed by atoms with van der Waals surface area (Å²) in [4.78, 5) is 6.41. The second-order valence-corrected chi connectivity index (χ2v) is 6.43. The van der Waals surface area contributed by atoms with Gasteiger partial charge in [-0.25, -0.2) is 0 Å². The van der Waals surface area contributed by atoms with Crippen LogP contribution >= 0.6 is 0 Å². The Kier molecular flexibility index (Phi) is 5.01. The minimum absolute atomic E-state index is 0.208. The summed E-state index contributed by atoms with van der Waals surface area (Å²) in [6.07, 6.45) is 4.89. The van der Waals surface area contributed by atoms with Crippen LogP contribution in [0.3, 0.4) is 0 Å². The summed E-state index contributed by atoms with van der Waals surface area (Å²) in [5.74, 6) is 1.74. The SMILES string of the molecule is c1ccc(COc2ccc(OC3CCN(c4ccncc4)C3)cc2)cc1. The van der Waals surface area contributed by atoms with Crippen molar-refractivity contribution in [3.63, 3.8) is 0 Å². The van der Waals surface area contributed by atoms with Gasteiger partial charge in [-0.05, 0) is 42.0 Å². The minimum atomic E-state index is 0.208. The number of aromatic nitrogens is 1. The molecule has 1 aliphatic heterocycles. The third-order valence-electron chi connectivity index (χ3n) is 4.55. The molecular weight excluding hydrogens is 324 g/mol. The predicted molar refractivity (Wildman–Crippen MR) is 103 cm³/mol. The maximum absolute atomic E-state index is 6.13. The second kappa shape index (κ2) is 7.91. The number of ether oxygens (including phenoxy) is 2. The van der Waals surface area contributed by atoms with Crippen molar-refractivity contribution in [2.24, 2.45) is 0 Å². The molecule has 0 saturated carbocycles. The summed E-state index contributed by atoms with van der Waals surface area (Å²) >= 11 is 0. The molecule has 132 valence electrons. The highest BCUT2D eigenvalue weighted by molar-refractivity contribution is 5.46. The Balaban J connectivity index is 1.29. The molecule has 1 saturated heterocycles. The first-order valence-electron chi connectivity index (χ1n) is 8.95. The van der Waals surface area contributed by atoms with Crippen LogP contribution in [0, 0.1) is 0 Å². The first-order chi connectivity index (χ1) is 12.9. The summed E-state index contributed by atoms with van der Waals surface area (Å²) in [5.41, 5.74) is 2.37. The molecular formula is C22H22N2O2. The van der Waals surface area contributed by atoms with Crippen molar-refractivity contribution in [1.29, 1.82) is 0 Å². The molecule has 1 fully saturated rings. The van der Waals surface area contributed by atoms with Gasteiger partial charge in [-0.15, -0.1) is 0 Å². The maximum atomic E-state index is 6.13. The number of hydrogen-bond acceptors (Lipinski definition) is 4. The molecule has 4 rings (SSSR count). The van der Waals surface area contributed by atoms with E-state index in [1.54, 1.807) is 0 Å². The maximum Gasteiger partial charge on any atom is 0.120 e. The Bertz CT molecular complexity index is 807. The summed E-state index contributed by atoms with van der Waals surface area (Å²) in [6, 6.07) is 22.2. The van der Waals surface area contributed by atoms with Crippen molar-refractivity contribution in [3.05, 3.63) is 84.7 Å². The Morgan fingerprint density at radius 2 is 1.62 bits per heavy atom. The number of rotatable bonds is 6. The molecule has 4 nitrogen and oxygen atoms in total. The minimum Gasteiger partial charge on any atom is -0.489 e. The zero-order chi connectivity index (χ0) is 17.6. The van der Waals surface area contributed by atoms with Crippen LogP contribution in [-0.4, -0.2) is 24.2 Å². The summed E-state index contributed by atoms with van der Waals surface area (Å²) in [7, 11) is 0. The highest BCUT2D eigenvalue weighted by atomic mass is 16.5. The summed E-state index contributed by atoms with van der Waals surface area (Å²) in [5, 5.41) is 0. The van der Waals surface area contributed by atoms with Crippen LogP contribution in [0.25, 0.3) is 0 Å². The van der Waals surface area contributed by atoms with Gasteiger partial charge in [0.05, 0.1) is 6.54 Å². The number of nitrogens with zero attached hydrogens (tertiary/aromatic N) is 2. The normalized spacial score (nSPS) is 16.5. The molecule has 1 atom stereocenters. The lowest BCUT2D eigenvalue weighted by Gasteiger charge is -2.18. The van der Waals surface area contributed by atoms with Crippen molar-refractivity contribution in [1.82, 2.24) is 4.98 Å². The van der Waals surface area contributed by atoms with Crippen LogP contribution in [0.15, 0.2) is 79.1 Å². The van der Waals surface area contributed by atoms with Crippen molar-refractivity contribution in [2.45, 2.75) is 19.1 Å². The Morgan fingerprint density at radius 3 is 2.38 bits per heavy atom. The van der Waals surface area contributed by atoms with E-state index >= 15 is 0 Å². The molecule has 0 bridgehead atoms. The molecule has 2 heterocycles. The number of pyridine rings is 1. The highest BCUT2D eigenvalue weighted by Gasteiger charge is 2.24. The van der Waals surface area contributed by atoms with Crippen LogP contribution in [0.4, 0.5) is 5.69 Å². The Morgan fingerprint density at radius 1 is 0.885 bits per heavy atom. The van der Waals surface area contributed by atoms with E-state index in [0.29, 0.717) is 6.61 Å². The molecule has 4 heteroatoms. The zero-order valence-corrected chi connectivity index (χ0v) is 14.6. The molecule has 2 aromatic carbocycles. The van der Waals surface area contributed by atoms with Gasteiger partial charge in [0, 0.05) is 31.0 Å². The van der Waals surface area contributed by atoms with Gasteiger partial charge >= 0.3 is 0 Å². The summed E-state index contributed by atoms with van der Waals surface area (Å²) < 4.78 is 12.0. The molecule has 3 aromatic rings. The van der Waals surface area contributed by atoms with Crippen molar-refractivity contribution >= 4 is 5.69 Å². The van der Waals surface area contributed by atoms with Crippen molar-refractivity contribution < 1.29 is 9.47 Å². The molecule has 0 N–H and O–H groups in total. The molecule has 1 aliphatic rings. The van der Waals surface area contributed by atoms with E-state index in [2.05, 4.69) is 22.0 Å². The van der Waals surface area contributed by atoms with Crippen LogP contribution in [0.2, 0.25) is 0 Å². The van der Waals surface area contributed by atoms with E-state index < -0.39 is 0 Å². The monoisotopic (exact) mass is 346 g/mol. The van der Waals surface area contributed by atoms with Gasteiger partial charge in [0.15, 0.2) is 0 Å². The molecule has 0 spiro atoms. The molecule has 0 radical (unpaired) electrons. The molecule has 0 amide bonds. The molecule has 1 unspecified atom stereocenters. The fourth-order valence-electron chi connectivity index (χ4n) is 3.16. The van der Waals surface area contributed by atoms with E-state index in [0.717, 1.165) is 36.6 Å². The Hall–Kier alpha value is -3.01. The quantitative estimate of drug-likeness (QED) is 0.666. The van der Waals surface area contributed by atoms with Crippen LogP contribution in [-0.2, 0) is 6.61 Å². The van der Waals surface area contributed by atoms with Gasteiger partial charge in [-0.2, -0.15) is 0 Å². The lowest BCUT2D eigenvalue weighted by Crippen LogP contribution is -2.24. The third-order valence-corrected chi connectivity index (χ3v) is 4.55. The predicted octanol–water partition coefficient (Wildman–Crippen LogP) is 4.32. The average molecular weight is 346 g/mol. The lowest BCUT2D eigenvalue weighted by atomic mass is 10.2. The standard InChI is InChI=1S/C22H22N2O2/c1-2-4-18(5-3-1)17-25-20-6-8-21(9-7-20)26-22-12-15-24(16-22)19-10-13-23-14-11-19/h1-11,13-14,22H,12,15-17H2. The van der Waals surface area contributed by atoms with Crippen molar-refractivity contribution in [3.8, 4) is 11.5 Å². The molecule has 0 aliphatic carbocycles. The largest absolute Gasteiger partial charge is 0.489 e. The van der Waals surface area contributed by atoms with Crippen LogP contribution < -0.4 is 14.4 Å². The van der Waals surface area contributed by atoms with E-state index in [1.807, 2.05) is 67.0 Å². The highest BCUT2D eigenvalue weighted by Crippen LogP contribution is 2.24. The second-order valence-electron chi connectivity index (χ2n) is 6.43. The van der Waals surface area contributed by atoms with Gasteiger partial charge in [-0.1, -0.05) is 30.3 Å². The van der Waals surface area contributed by atoms with Gasteiger partial charge in [0.2, 0.25) is 0 Å². The first kappa shape index (κ1) is 16.5. The van der Waals surface area contributed by atoms with Gasteiger partial charge in [0.25, 0.3) is 0 Å². The molecule has 26 heavy (non-hydrogen) atoms. The number of hydrogen-bond donors (Lipinski definition) is 0.